The van der Waals surface area contributed by atoms with Gasteiger partial charge in [-0.25, -0.2) is 8.42 Å². The van der Waals surface area contributed by atoms with Gasteiger partial charge in [0.25, 0.3) is 0 Å². The molecule has 4 nitrogen and oxygen atoms in total. The summed E-state index contributed by atoms with van der Waals surface area (Å²) in [5, 5.41) is -0.374. The third kappa shape index (κ3) is 4.22. The van der Waals surface area contributed by atoms with Crippen LogP contribution in [0.1, 0.15) is 5.56 Å². The number of benzene rings is 1. The summed E-state index contributed by atoms with van der Waals surface area (Å²) in [6.45, 7) is 0. The van der Waals surface area contributed by atoms with E-state index in [4.69, 9.17) is 16.3 Å². The molecule has 0 fully saturated rings. The summed E-state index contributed by atoms with van der Waals surface area (Å²) in [5.74, 6) is 1.19. The number of alkyl halides is 1. The van der Waals surface area contributed by atoms with Gasteiger partial charge in [0, 0.05) is 6.20 Å². The topological polar surface area (TPSA) is 56.3 Å². The quantitative estimate of drug-likeness (QED) is 0.796. The van der Waals surface area contributed by atoms with Gasteiger partial charge in [0.15, 0.2) is 9.84 Å². The van der Waals surface area contributed by atoms with Crippen molar-refractivity contribution in [1.82, 2.24) is 4.98 Å². The normalized spacial score (nSPS) is 11.2. The molecule has 0 aliphatic carbocycles. The Kier molecular flexibility index (Phi) is 4.39. The third-order valence-electron chi connectivity index (χ3n) is 2.35. The number of ether oxygens (including phenoxy) is 1. The van der Waals surface area contributed by atoms with Crippen LogP contribution in [0.25, 0.3) is 0 Å². The first kappa shape index (κ1) is 13.8. The second-order valence-corrected chi connectivity index (χ2v) is 6.58. The zero-order valence-electron chi connectivity index (χ0n) is 9.99. The van der Waals surface area contributed by atoms with E-state index in [1.165, 1.54) is 0 Å². The Hall–Kier alpha value is -1.59. The average Bonchev–Trinajstić information content (AvgIpc) is 2.42. The molecule has 0 atom stereocenters. The molecular formula is C13H12ClNO3S. The molecule has 0 amide bonds. The highest BCUT2D eigenvalue weighted by atomic mass is 35.5. The minimum Gasteiger partial charge on any atom is -0.456 e. The van der Waals surface area contributed by atoms with Gasteiger partial charge in [0.1, 0.15) is 16.7 Å². The highest BCUT2D eigenvalue weighted by molar-refractivity contribution is 7.91. The lowest BCUT2D eigenvalue weighted by Crippen LogP contribution is -2.04. The van der Waals surface area contributed by atoms with E-state index in [2.05, 4.69) is 4.98 Å². The van der Waals surface area contributed by atoms with Gasteiger partial charge >= 0.3 is 0 Å². The van der Waals surface area contributed by atoms with Crippen LogP contribution in [0.3, 0.4) is 0 Å². The summed E-state index contributed by atoms with van der Waals surface area (Å²) in [6, 6.07) is 10.4. The van der Waals surface area contributed by atoms with Gasteiger partial charge in [-0.15, -0.1) is 11.6 Å². The molecule has 0 aliphatic heterocycles. The van der Waals surface area contributed by atoms with Crippen molar-refractivity contribution < 1.29 is 13.2 Å². The van der Waals surface area contributed by atoms with Crippen LogP contribution >= 0.6 is 11.6 Å². The van der Waals surface area contributed by atoms with Gasteiger partial charge in [-0.2, -0.15) is 0 Å². The van der Waals surface area contributed by atoms with E-state index in [1.807, 2.05) is 0 Å². The van der Waals surface area contributed by atoms with E-state index in [9.17, 15) is 8.42 Å². The Morgan fingerprint density at radius 2 is 1.84 bits per heavy atom. The maximum atomic E-state index is 11.4. The zero-order valence-corrected chi connectivity index (χ0v) is 11.6. The average molecular weight is 298 g/mol. The first-order chi connectivity index (χ1) is 9.09. The summed E-state index contributed by atoms with van der Waals surface area (Å²) >= 11 is 5.36. The molecular weight excluding hydrogens is 286 g/mol. The number of hydrogen-bond donors (Lipinski definition) is 0. The summed E-state index contributed by atoms with van der Waals surface area (Å²) in [6.07, 6.45) is 3.26. The van der Waals surface area contributed by atoms with Crippen molar-refractivity contribution in [3.05, 3.63) is 54.4 Å². The van der Waals surface area contributed by atoms with Crippen molar-refractivity contribution in [1.29, 1.82) is 0 Å². The molecule has 0 aliphatic rings. The van der Waals surface area contributed by atoms with E-state index in [0.29, 0.717) is 17.1 Å². The second kappa shape index (κ2) is 6.04. The molecule has 0 radical (unpaired) electrons. The maximum Gasteiger partial charge on any atom is 0.168 e. The van der Waals surface area contributed by atoms with Crippen molar-refractivity contribution in [2.75, 3.05) is 5.21 Å². The van der Waals surface area contributed by atoms with E-state index >= 15 is 0 Å². The minimum absolute atomic E-state index is 0.0658. The number of halogens is 1. The molecule has 0 saturated heterocycles. The molecule has 0 spiro atoms. The maximum absolute atomic E-state index is 11.4. The minimum atomic E-state index is -3.23. The van der Waals surface area contributed by atoms with Crippen LogP contribution in [-0.4, -0.2) is 18.6 Å². The van der Waals surface area contributed by atoms with Crippen molar-refractivity contribution in [2.24, 2.45) is 0 Å². The number of hydrogen-bond acceptors (Lipinski definition) is 4. The van der Waals surface area contributed by atoms with Crippen molar-refractivity contribution in [2.45, 2.75) is 5.75 Å². The largest absolute Gasteiger partial charge is 0.456 e. The second-order valence-electron chi connectivity index (χ2n) is 3.93. The van der Waals surface area contributed by atoms with Gasteiger partial charge in [-0.05, 0) is 29.8 Å². The SMILES string of the molecule is O=S(=O)(CCl)Cc1ccc(Oc2cccnc2)cc1. The molecule has 19 heavy (non-hydrogen) atoms. The molecule has 0 saturated carbocycles. The van der Waals surface area contributed by atoms with Crippen LogP contribution in [-0.2, 0) is 15.6 Å². The Labute approximate surface area is 116 Å². The van der Waals surface area contributed by atoms with Crippen LogP contribution in [0.2, 0.25) is 0 Å². The van der Waals surface area contributed by atoms with Gasteiger partial charge < -0.3 is 4.74 Å². The molecule has 100 valence electrons. The molecule has 1 heterocycles. The molecule has 0 N–H and O–H groups in total. The number of nitrogens with zero attached hydrogens (tertiary/aromatic N) is 1. The monoisotopic (exact) mass is 297 g/mol. The predicted molar refractivity (Wildman–Crippen MR) is 74.1 cm³/mol. The molecule has 2 aromatic rings. The number of rotatable bonds is 5. The van der Waals surface area contributed by atoms with Gasteiger partial charge in [0.2, 0.25) is 0 Å². The smallest absolute Gasteiger partial charge is 0.168 e. The Morgan fingerprint density at radius 1 is 1.11 bits per heavy atom. The fourth-order valence-electron chi connectivity index (χ4n) is 1.49. The van der Waals surface area contributed by atoms with E-state index in [1.54, 1.807) is 48.8 Å². The highest BCUT2D eigenvalue weighted by Gasteiger charge is 2.10. The van der Waals surface area contributed by atoms with Crippen molar-refractivity contribution in [3.8, 4) is 11.5 Å². The lowest BCUT2D eigenvalue weighted by Gasteiger charge is -2.06. The van der Waals surface area contributed by atoms with Gasteiger partial charge in [-0.1, -0.05) is 12.1 Å². The van der Waals surface area contributed by atoms with Crippen LogP contribution in [0.5, 0.6) is 11.5 Å². The number of aromatic nitrogens is 1. The van der Waals surface area contributed by atoms with Crippen molar-refractivity contribution in [3.63, 3.8) is 0 Å². The Bertz CT molecular complexity index is 627. The third-order valence-corrected chi connectivity index (χ3v) is 4.45. The fraction of sp³-hybridized carbons (Fsp3) is 0.154. The highest BCUT2D eigenvalue weighted by Crippen LogP contribution is 2.21. The molecule has 0 unspecified atom stereocenters. The number of sulfone groups is 1. The van der Waals surface area contributed by atoms with Crippen LogP contribution in [0.15, 0.2) is 48.8 Å². The van der Waals surface area contributed by atoms with Crippen LogP contribution in [0, 0.1) is 0 Å². The van der Waals surface area contributed by atoms with Gasteiger partial charge in [-0.3, -0.25) is 4.98 Å². The lowest BCUT2D eigenvalue weighted by atomic mass is 10.2. The summed E-state index contributed by atoms with van der Waals surface area (Å²) in [5.41, 5.74) is 0.680. The first-order valence-corrected chi connectivity index (χ1v) is 7.88. The molecule has 6 heteroatoms. The predicted octanol–water partition coefficient (Wildman–Crippen LogP) is 2.99. The lowest BCUT2D eigenvalue weighted by molar-refractivity contribution is 0.480. The Morgan fingerprint density at radius 3 is 2.42 bits per heavy atom. The van der Waals surface area contributed by atoms with Gasteiger partial charge in [0.05, 0.1) is 11.9 Å². The first-order valence-electron chi connectivity index (χ1n) is 5.52. The summed E-state index contributed by atoms with van der Waals surface area (Å²) in [4.78, 5) is 3.94. The summed E-state index contributed by atoms with van der Waals surface area (Å²) < 4.78 is 28.3. The Balaban J connectivity index is 2.07. The number of pyridine rings is 1. The molecule has 2 rings (SSSR count). The zero-order chi connectivity index (χ0) is 13.7. The van der Waals surface area contributed by atoms with E-state index < -0.39 is 9.84 Å². The van der Waals surface area contributed by atoms with E-state index in [0.717, 1.165) is 0 Å². The van der Waals surface area contributed by atoms with Crippen molar-refractivity contribution >= 4 is 21.4 Å². The molecule has 1 aromatic heterocycles. The van der Waals surface area contributed by atoms with Crippen LogP contribution in [0.4, 0.5) is 0 Å². The van der Waals surface area contributed by atoms with E-state index in [-0.39, 0.29) is 11.0 Å². The van der Waals surface area contributed by atoms with Crippen LogP contribution < -0.4 is 4.74 Å². The molecule has 0 bridgehead atoms. The fourth-order valence-corrected chi connectivity index (χ4v) is 2.50. The summed E-state index contributed by atoms with van der Waals surface area (Å²) in [7, 11) is -3.23. The molecule has 1 aromatic carbocycles. The standard InChI is InChI=1S/C13H12ClNO3S/c14-10-19(16,17)9-11-3-5-12(6-4-11)18-13-2-1-7-15-8-13/h1-8H,9-10H2.